The molecule has 2 aliphatic rings. The van der Waals surface area contributed by atoms with Gasteiger partial charge < -0.3 is 14.8 Å². The van der Waals surface area contributed by atoms with Crippen LogP contribution in [-0.2, 0) is 21.2 Å². The zero-order valence-electron chi connectivity index (χ0n) is 17.5. The standard InChI is InChI=1S/C22H23N3O5S2/c1-2-14-5-7-16-20(12-14)31-22(23-16)24-21(26)17-4-3-9-25(17)32(27,28)15-6-8-18-19(13-15)30-11-10-29-18/h5-8,12-13,17H,2-4,9-11H2,1H3,(H,23,24,26)/t17-/m1/s1. The Kier molecular flexibility index (Phi) is 5.52. The summed E-state index contributed by atoms with van der Waals surface area (Å²) >= 11 is 1.39. The molecule has 0 saturated carbocycles. The molecule has 8 nitrogen and oxygen atoms in total. The first kappa shape index (κ1) is 21.2. The van der Waals surface area contributed by atoms with Crippen molar-refractivity contribution >= 4 is 42.6 Å². The maximum atomic E-state index is 13.3. The van der Waals surface area contributed by atoms with Gasteiger partial charge in [-0.1, -0.05) is 24.3 Å². The topological polar surface area (TPSA) is 97.8 Å². The summed E-state index contributed by atoms with van der Waals surface area (Å²) in [7, 11) is -3.87. The van der Waals surface area contributed by atoms with E-state index in [-0.39, 0.29) is 17.3 Å². The Morgan fingerprint density at radius 1 is 1.19 bits per heavy atom. The summed E-state index contributed by atoms with van der Waals surface area (Å²) in [6, 6.07) is 9.80. The second-order valence-electron chi connectivity index (χ2n) is 7.74. The van der Waals surface area contributed by atoms with Gasteiger partial charge >= 0.3 is 0 Å². The Morgan fingerprint density at radius 2 is 2.00 bits per heavy atom. The SMILES string of the molecule is CCc1ccc2nc(NC(=O)[C@H]3CCCN3S(=O)(=O)c3ccc4c(c3)OCCO4)sc2c1. The number of hydrogen-bond donors (Lipinski definition) is 1. The number of carbonyl (C=O) groups excluding carboxylic acids is 1. The molecule has 0 spiro atoms. The van der Waals surface area contributed by atoms with Crippen molar-refractivity contribution in [1.82, 2.24) is 9.29 Å². The quantitative estimate of drug-likeness (QED) is 0.610. The molecule has 0 unspecified atom stereocenters. The van der Waals surface area contributed by atoms with Crippen molar-refractivity contribution in [3.05, 3.63) is 42.0 Å². The van der Waals surface area contributed by atoms with E-state index in [1.807, 2.05) is 12.1 Å². The minimum absolute atomic E-state index is 0.0912. The Hall–Kier alpha value is -2.69. The third-order valence-corrected chi connectivity index (χ3v) is 8.56. The van der Waals surface area contributed by atoms with Crippen LogP contribution in [0.2, 0.25) is 0 Å². The fourth-order valence-corrected chi connectivity index (χ4v) is 6.65. The molecule has 32 heavy (non-hydrogen) atoms. The van der Waals surface area contributed by atoms with Crippen LogP contribution < -0.4 is 14.8 Å². The zero-order chi connectivity index (χ0) is 22.3. The Morgan fingerprint density at radius 3 is 2.81 bits per heavy atom. The number of aryl methyl sites for hydroxylation is 1. The van der Waals surface area contributed by atoms with Gasteiger partial charge in [0.05, 0.1) is 15.1 Å². The first-order chi connectivity index (χ1) is 15.5. The second-order valence-corrected chi connectivity index (χ2v) is 10.7. The van der Waals surface area contributed by atoms with Gasteiger partial charge in [-0.2, -0.15) is 4.31 Å². The highest BCUT2D eigenvalue weighted by Crippen LogP contribution is 2.35. The van der Waals surface area contributed by atoms with E-state index in [0.717, 1.165) is 16.6 Å². The number of rotatable bonds is 5. The van der Waals surface area contributed by atoms with E-state index in [4.69, 9.17) is 9.47 Å². The van der Waals surface area contributed by atoms with E-state index < -0.39 is 16.1 Å². The van der Waals surface area contributed by atoms with E-state index in [2.05, 4.69) is 23.3 Å². The molecule has 0 aliphatic carbocycles. The Bertz CT molecular complexity index is 1290. The average Bonchev–Trinajstić information content (AvgIpc) is 3.45. The van der Waals surface area contributed by atoms with Crippen LogP contribution in [0.1, 0.15) is 25.3 Å². The fraction of sp³-hybridized carbons (Fsp3) is 0.364. The Labute approximate surface area is 190 Å². The van der Waals surface area contributed by atoms with Crippen molar-refractivity contribution in [3.8, 4) is 11.5 Å². The van der Waals surface area contributed by atoms with Gasteiger partial charge in [0.1, 0.15) is 19.3 Å². The first-order valence-corrected chi connectivity index (χ1v) is 12.8. The van der Waals surface area contributed by atoms with Crippen molar-refractivity contribution in [2.75, 3.05) is 25.1 Å². The highest BCUT2D eigenvalue weighted by molar-refractivity contribution is 7.89. The molecule has 1 amide bonds. The number of thiazole rings is 1. The number of ether oxygens (including phenoxy) is 2. The molecule has 2 aliphatic heterocycles. The smallest absolute Gasteiger partial charge is 0.244 e. The summed E-state index contributed by atoms with van der Waals surface area (Å²) in [5, 5.41) is 3.31. The number of anilines is 1. The number of carbonyl (C=O) groups is 1. The van der Waals surface area contributed by atoms with Gasteiger partial charge in [0.2, 0.25) is 15.9 Å². The average molecular weight is 474 g/mol. The van der Waals surface area contributed by atoms with Crippen LogP contribution in [0.3, 0.4) is 0 Å². The summed E-state index contributed by atoms with van der Waals surface area (Å²) in [5.74, 6) is 0.560. The highest BCUT2D eigenvalue weighted by atomic mass is 32.2. The van der Waals surface area contributed by atoms with E-state index in [1.54, 1.807) is 6.07 Å². The number of nitrogens with one attached hydrogen (secondary N) is 1. The molecule has 1 fully saturated rings. The van der Waals surface area contributed by atoms with Gasteiger partial charge in [0.25, 0.3) is 0 Å². The Balaban J connectivity index is 1.37. The van der Waals surface area contributed by atoms with Crippen LogP contribution >= 0.6 is 11.3 Å². The number of hydrogen-bond acceptors (Lipinski definition) is 7. The monoisotopic (exact) mass is 473 g/mol. The minimum Gasteiger partial charge on any atom is -0.486 e. The highest BCUT2D eigenvalue weighted by Gasteiger charge is 2.40. The van der Waals surface area contributed by atoms with Gasteiger partial charge in [-0.05, 0) is 49.1 Å². The fourth-order valence-electron chi connectivity index (χ4n) is 4.04. The van der Waals surface area contributed by atoms with Crippen LogP contribution in [0.25, 0.3) is 10.2 Å². The van der Waals surface area contributed by atoms with Crippen molar-refractivity contribution in [1.29, 1.82) is 0 Å². The van der Waals surface area contributed by atoms with Crippen LogP contribution in [0.5, 0.6) is 11.5 Å². The van der Waals surface area contributed by atoms with Crippen LogP contribution in [0.15, 0.2) is 41.3 Å². The molecule has 2 aromatic carbocycles. The molecule has 1 N–H and O–H groups in total. The van der Waals surface area contributed by atoms with E-state index in [1.165, 1.54) is 33.3 Å². The van der Waals surface area contributed by atoms with E-state index >= 15 is 0 Å². The van der Waals surface area contributed by atoms with E-state index in [0.29, 0.717) is 42.7 Å². The third-order valence-electron chi connectivity index (χ3n) is 5.72. The van der Waals surface area contributed by atoms with Gasteiger partial charge in [0.15, 0.2) is 16.6 Å². The molecule has 1 atom stereocenters. The van der Waals surface area contributed by atoms with Crippen molar-refractivity contribution in [3.63, 3.8) is 0 Å². The summed E-state index contributed by atoms with van der Waals surface area (Å²) in [4.78, 5) is 17.6. The zero-order valence-corrected chi connectivity index (χ0v) is 19.2. The lowest BCUT2D eigenvalue weighted by atomic mass is 10.2. The summed E-state index contributed by atoms with van der Waals surface area (Å²) in [6.45, 7) is 3.17. The molecule has 0 bridgehead atoms. The minimum atomic E-state index is -3.87. The molecule has 1 saturated heterocycles. The number of fused-ring (bicyclic) bond motifs is 2. The van der Waals surface area contributed by atoms with Crippen LogP contribution in [-0.4, -0.2) is 49.4 Å². The number of aromatic nitrogens is 1. The van der Waals surface area contributed by atoms with Crippen molar-refractivity contribution in [2.45, 2.75) is 37.1 Å². The molecule has 3 aromatic rings. The molecular weight excluding hydrogens is 450 g/mol. The number of nitrogens with zero attached hydrogens (tertiary/aromatic N) is 2. The predicted octanol–water partition coefficient (Wildman–Crippen LogP) is 3.42. The maximum Gasteiger partial charge on any atom is 0.244 e. The lowest BCUT2D eigenvalue weighted by Crippen LogP contribution is -2.43. The third kappa shape index (κ3) is 3.82. The number of benzene rings is 2. The van der Waals surface area contributed by atoms with Crippen LogP contribution in [0.4, 0.5) is 5.13 Å². The van der Waals surface area contributed by atoms with Gasteiger partial charge in [-0.25, -0.2) is 13.4 Å². The van der Waals surface area contributed by atoms with Gasteiger partial charge in [0, 0.05) is 12.6 Å². The molecule has 10 heteroatoms. The number of sulfonamides is 1. The lowest BCUT2D eigenvalue weighted by Gasteiger charge is -2.24. The maximum absolute atomic E-state index is 13.3. The largest absolute Gasteiger partial charge is 0.486 e. The summed E-state index contributed by atoms with van der Waals surface area (Å²) in [6.07, 6.45) is 1.99. The van der Waals surface area contributed by atoms with Crippen molar-refractivity contribution in [2.24, 2.45) is 0 Å². The molecule has 168 valence electrons. The van der Waals surface area contributed by atoms with Crippen LogP contribution in [0, 0.1) is 0 Å². The molecule has 1 aromatic heterocycles. The van der Waals surface area contributed by atoms with Crippen molar-refractivity contribution < 1.29 is 22.7 Å². The lowest BCUT2D eigenvalue weighted by molar-refractivity contribution is -0.119. The van der Waals surface area contributed by atoms with Gasteiger partial charge in [-0.15, -0.1) is 0 Å². The molecular formula is C22H23N3O5S2. The van der Waals surface area contributed by atoms with E-state index in [9.17, 15) is 13.2 Å². The summed E-state index contributed by atoms with van der Waals surface area (Å²) in [5.41, 5.74) is 2.01. The second kappa shape index (κ2) is 8.34. The first-order valence-electron chi connectivity index (χ1n) is 10.6. The molecule has 5 rings (SSSR count). The predicted molar refractivity (Wildman–Crippen MR) is 122 cm³/mol. The molecule has 0 radical (unpaired) electrons. The summed E-state index contributed by atoms with van der Waals surface area (Å²) < 4.78 is 39.9. The van der Waals surface area contributed by atoms with Gasteiger partial charge in [-0.3, -0.25) is 4.79 Å². The number of amides is 1. The normalized spacial score (nSPS) is 18.7. The molecule has 3 heterocycles.